The molecule has 1 atom stereocenters. The van der Waals surface area contributed by atoms with E-state index in [0.717, 1.165) is 28.8 Å². The summed E-state index contributed by atoms with van der Waals surface area (Å²) in [5.74, 6) is 0.0718. The van der Waals surface area contributed by atoms with Gasteiger partial charge >= 0.3 is 0 Å². The number of anilines is 1. The minimum absolute atomic E-state index is 0.0718. The summed E-state index contributed by atoms with van der Waals surface area (Å²) in [6.45, 7) is 0. The summed E-state index contributed by atoms with van der Waals surface area (Å²) in [4.78, 5) is 11.4. The van der Waals surface area contributed by atoms with Gasteiger partial charge in [0.25, 0.3) is 0 Å². The molecule has 0 fully saturated rings. The van der Waals surface area contributed by atoms with Gasteiger partial charge in [0, 0.05) is 17.1 Å². The summed E-state index contributed by atoms with van der Waals surface area (Å²) in [7, 11) is 0. The van der Waals surface area contributed by atoms with Gasteiger partial charge in [0.05, 0.1) is 5.38 Å². The lowest BCUT2D eigenvalue weighted by Gasteiger charge is -2.19. The summed E-state index contributed by atoms with van der Waals surface area (Å²) in [5, 5.41) is 3.31. The number of carbonyl (C=O) groups excluding carboxylic acids is 1. The molecule has 2 aromatic rings. The third kappa shape index (κ3) is 2.67. The van der Waals surface area contributed by atoms with Crippen LogP contribution in [0.3, 0.4) is 0 Å². The summed E-state index contributed by atoms with van der Waals surface area (Å²) in [6, 6.07) is 13.5. The van der Waals surface area contributed by atoms with Crippen molar-refractivity contribution in [3.05, 3.63) is 64.2 Å². The normalized spacial score (nSPS) is 15.4. The second-order valence-electron chi connectivity index (χ2n) is 4.88. The van der Waals surface area contributed by atoms with Gasteiger partial charge in [-0.2, -0.15) is 0 Å². The Bertz CT molecular complexity index is 669. The molecule has 0 bridgehead atoms. The molecule has 20 heavy (non-hydrogen) atoms. The largest absolute Gasteiger partial charge is 0.326 e. The maximum atomic E-state index is 11.4. The van der Waals surface area contributed by atoms with Crippen molar-refractivity contribution in [3.63, 3.8) is 0 Å². The van der Waals surface area contributed by atoms with E-state index >= 15 is 0 Å². The molecule has 1 aliphatic heterocycles. The van der Waals surface area contributed by atoms with E-state index < -0.39 is 0 Å². The predicted molar refractivity (Wildman–Crippen MR) is 82.5 cm³/mol. The molecule has 0 saturated heterocycles. The van der Waals surface area contributed by atoms with E-state index in [4.69, 9.17) is 23.2 Å². The second kappa shape index (κ2) is 5.47. The number of halogens is 2. The third-order valence-corrected chi connectivity index (χ3v) is 4.20. The number of amides is 1. The van der Waals surface area contributed by atoms with Gasteiger partial charge in [-0.05, 0) is 41.3 Å². The lowest BCUT2D eigenvalue weighted by atomic mass is 9.97. The standard InChI is InChI=1S/C16H13Cl2NO/c17-13-3-1-2-11(9-13)16(18)12-4-6-14-10(8-12)5-7-15(20)19-14/h1-4,6,8-9,16H,5,7H2,(H,19,20). The average molecular weight is 306 g/mol. The number of nitrogens with one attached hydrogen (secondary N) is 1. The monoisotopic (exact) mass is 305 g/mol. The van der Waals surface area contributed by atoms with Crippen LogP contribution in [0.1, 0.15) is 28.5 Å². The molecule has 0 spiro atoms. The van der Waals surface area contributed by atoms with Crippen LogP contribution in [-0.4, -0.2) is 5.91 Å². The molecule has 1 unspecified atom stereocenters. The second-order valence-corrected chi connectivity index (χ2v) is 5.76. The molecule has 0 saturated carbocycles. The van der Waals surface area contributed by atoms with Crippen molar-refractivity contribution in [2.24, 2.45) is 0 Å². The van der Waals surface area contributed by atoms with Gasteiger partial charge in [-0.15, -0.1) is 11.6 Å². The number of hydrogen-bond acceptors (Lipinski definition) is 1. The minimum Gasteiger partial charge on any atom is -0.326 e. The van der Waals surface area contributed by atoms with Crippen molar-refractivity contribution in [2.75, 3.05) is 5.32 Å². The van der Waals surface area contributed by atoms with E-state index in [1.807, 2.05) is 36.4 Å². The van der Waals surface area contributed by atoms with Crippen LogP contribution in [0.25, 0.3) is 0 Å². The summed E-state index contributed by atoms with van der Waals surface area (Å²) >= 11 is 12.5. The molecule has 0 aromatic heterocycles. The van der Waals surface area contributed by atoms with Crippen molar-refractivity contribution in [1.29, 1.82) is 0 Å². The van der Waals surface area contributed by atoms with Crippen molar-refractivity contribution in [3.8, 4) is 0 Å². The Hall–Kier alpha value is -1.51. The van der Waals surface area contributed by atoms with Gasteiger partial charge in [-0.3, -0.25) is 4.79 Å². The Labute approximate surface area is 127 Å². The predicted octanol–water partition coefficient (Wildman–Crippen LogP) is 4.55. The van der Waals surface area contributed by atoms with Crippen LogP contribution in [0.5, 0.6) is 0 Å². The molecule has 2 aromatic carbocycles. The lowest BCUT2D eigenvalue weighted by molar-refractivity contribution is -0.116. The van der Waals surface area contributed by atoms with Crippen LogP contribution >= 0.6 is 23.2 Å². The van der Waals surface area contributed by atoms with Crippen LogP contribution in [-0.2, 0) is 11.2 Å². The van der Waals surface area contributed by atoms with Gasteiger partial charge in [0.1, 0.15) is 0 Å². The van der Waals surface area contributed by atoms with E-state index in [2.05, 4.69) is 11.4 Å². The van der Waals surface area contributed by atoms with Crippen LogP contribution in [0.4, 0.5) is 5.69 Å². The van der Waals surface area contributed by atoms with Gasteiger partial charge < -0.3 is 5.32 Å². The smallest absolute Gasteiger partial charge is 0.224 e. The van der Waals surface area contributed by atoms with Gasteiger partial charge in [0.15, 0.2) is 0 Å². The van der Waals surface area contributed by atoms with Gasteiger partial charge in [-0.1, -0.05) is 35.9 Å². The third-order valence-electron chi connectivity index (χ3n) is 3.46. The molecule has 1 N–H and O–H groups in total. The van der Waals surface area contributed by atoms with E-state index in [1.165, 1.54) is 0 Å². The quantitative estimate of drug-likeness (QED) is 0.810. The Morgan fingerprint density at radius 2 is 1.85 bits per heavy atom. The Morgan fingerprint density at radius 3 is 2.65 bits per heavy atom. The highest BCUT2D eigenvalue weighted by Gasteiger charge is 2.17. The maximum Gasteiger partial charge on any atom is 0.224 e. The number of alkyl halides is 1. The minimum atomic E-state index is -0.239. The van der Waals surface area contributed by atoms with Gasteiger partial charge in [-0.25, -0.2) is 0 Å². The molecule has 102 valence electrons. The number of aryl methyl sites for hydroxylation is 1. The highest BCUT2D eigenvalue weighted by molar-refractivity contribution is 6.30. The van der Waals surface area contributed by atoms with Crippen LogP contribution < -0.4 is 5.32 Å². The molecule has 2 nitrogen and oxygen atoms in total. The molecule has 3 rings (SSSR count). The molecule has 1 aliphatic rings. The van der Waals surface area contributed by atoms with Crippen molar-refractivity contribution in [1.82, 2.24) is 0 Å². The molecule has 1 amide bonds. The molecule has 0 aliphatic carbocycles. The number of benzene rings is 2. The number of fused-ring (bicyclic) bond motifs is 1. The zero-order valence-corrected chi connectivity index (χ0v) is 12.2. The molecular formula is C16H13Cl2NO. The first kappa shape index (κ1) is 13.5. The summed E-state index contributed by atoms with van der Waals surface area (Å²) in [6.07, 6.45) is 1.29. The van der Waals surface area contributed by atoms with E-state index in [0.29, 0.717) is 11.4 Å². The van der Waals surface area contributed by atoms with Crippen LogP contribution in [0, 0.1) is 0 Å². The fraction of sp³-hybridized carbons (Fsp3) is 0.188. The maximum absolute atomic E-state index is 11.4. The van der Waals surface area contributed by atoms with Crippen LogP contribution in [0.15, 0.2) is 42.5 Å². The zero-order chi connectivity index (χ0) is 14.1. The fourth-order valence-corrected chi connectivity index (χ4v) is 2.89. The highest BCUT2D eigenvalue weighted by atomic mass is 35.5. The topological polar surface area (TPSA) is 29.1 Å². The molecule has 4 heteroatoms. The zero-order valence-electron chi connectivity index (χ0n) is 10.7. The first-order valence-electron chi connectivity index (χ1n) is 6.46. The molecule has 0 radical (unpaired) electrons. The van der Waals surface area contributed by atoms with Crippen LogP contribution in [0.2, 0.25) is 5.02 Å². The number of hydrogen-bond donors (Lipinski definition) is 1. The Kier molecular flexibility index (Phi) is 3.68. The first-order chi connectivity index (χ1) is 9.63. The lowest BCUT2D eigenvalue weighted by Crippen LogP contribution is -2.19. The van der Waals surface area contributed by atoms with Crippen molar-refractivity contribution >= 4 is 34.8 Å². The molecular weight excluding hydrogens is 293 g/mol. The highest BCUT2D eigenvalue weighted by Crippen LogP contribution is 2.33. The Balaban J connectivity index is 1.93. The average Bonchev–Trinajstić information content (AvgIpc) is 2.46. The Morgan fingerprint density at radius 1 is 1.05 bits per heavy atom. The fourth-order valence-electron chi connectivity index (χ4n) is 2.42. The van der Waals surface area contributed by atoms with E-state index in [9.17, 15) is 4.79 Å². The van der Waals surface area contributed by atoms with E-state index in [-0.39, 0.29) is 11.3 Å². The van der Waals surface area contributed by atoms with Crippen molar-refractivity contribution < 1.29 is 4.79 Å². The van der Waals surface area contributed by atoms with Gasteiger partial charge in [0.2, 0.25) is 5.91 Å². The number of carbonyl (C=O) groups is 1. The number of rotatable bonds is 2. The molecule has 1 heterocycles. The van der Waals surface area contributed by atoms with Crippen molar-refractivity contribution in [2.45, 2.75) is 18.2 Å². The SMILES string of the molecule is O=C1CCc2cc(C(Cl)c3cccc(Cl)c3)ccc2N1. The summed E-state index contributed by atoms with van der Waals surface area (Å²) in [5.41, 5.74) is 4.01. The summed E-state index contributed by atoms with van der Waals surface area (Å²) < 4.78 is 0. The first-order valence-corrected chi connectivity index (χ1v) is 7.27. The van der Waals surface area contributed by atoms with E-state index in [1.54, 1.807) is 0 Å².